The SMILES string of the molecule is COc1ccc(F)cc1-c1ccc(CC2(C(=O)Nc3nccs3)CCOCC2)cc1. The number of benzene rings is 2. The number of hydrogen-bond acceptors (Lipinski definition) is 5. The molecule has 1 fully saturated rings. The highest BCUT2D eigenvalue weighted by Gasteiger charge is 2.40. The van der Waals surface area contributed by atoms with E-state index in [1.54, 1.807) is 19.4 Å². The van der Waals surface area contributed by atoms with E-state index in [0.29, 0.717) is 48.9 Å². The number of amides is 1. The van der Waals surface area contributed by atoms with Gasteiger partial charge < -0.3 is 14.8 Å². The quantitative estimate of drug-likeness (QED) is 0.607. The van der Waals surface area contributed by atoms with Gasteiger partial charge in [-0.1, -0.05) is 24.3 Å². The molecule has 0 spiro atoms. The number of anilines is 1. The summed E-state index contributed by atoms with van der Waals surface area (Å²) in [5.74, 6) is 0.291. The Morgan fingerprint density at radius 2 is 2.00 bits per heavy atom. The van der Waals surface area contributed by atoms with Crippen molar-refractivity contribution >= 4 is 22.4 Å². The normalized spacial score (nSPS) is 15.5. The van der Waals surface area contributed by atoms with Gasteiger partial charge in [0.1, 0.15) is 11.6 Å². The number of methoxy groups -OCH3 is 1. The topological polar surface area (TPSA) is 60.5 Å². The zero-order valence-corrected chi connectivity index (χ0v) is 17.5. The molecule has 1 aliphatic heterocycles. The van der Waals surface area contributed by atoms with Crippen LogP contribution in [0.2, 0.25) is 0 Å². The summed E-state index contributed by atoms with van der Waals surface area (Å²) in [6, 6.07) is 12.3. The van der Waals surface area contributed by atoms with Gasteiger partial charge in [-0.2, -0.15) is 0 Å². The smallest absolute Gasteiger partial charge is 0.232 e. The number of aromatic nitrogens is 1. The number of carbonyl (C=O) groups excluding carboxylic acids is 1. The molecular weight excluding hydrogens is 403 g/mol. The summed E-state index contributed by atoms with van der Waals surface area (Å²) < 4.78 is 24.6. The second-order valence-electron chi connectivity index (χ2n) is 7.40. The van der Waals surface area contributed by atoms with Crippen LogP contribution in [0.15, 0.2) is 54.0 Å². The fourth-order valence-electron chi connectivity index (χ4n) is 3.86. The maximum Gasteiger partial charge on any atom is 0.232 e. The summed E-state index contributed by atoms with van der Waals surface area (Å²) in [5, 5.41) is 5.42. The van der Waals surface area contributed by atoms with Crippen LogP contribution in [0.3, 0.4) is 0 Å². The van der Waals surface area contributed by atoms with Crippen LogP contribution in [0.1, 0.15) is 18.4 Å². The molecule has 5 nitrogen and oxygen atoms in total. The molecule has 0 atom stereocenters. The standard InChI is InChI=1S/C23H23FN2O3S/c1-28-20-7-6-18(24)14-19(20)17-4-2-16(3-5-17)15-23(8-11-29-12-9-23)21(27)26-22-25-10-13-30-22/h2-7,10,13-14H,8-9,11-12,15H2,1H3,(H,25,26,27). The Kier molecular flexibility index (Phi) is 6.11. The van der Waals surface area contributed by atoms with Gasteiger partial charge in [-0.25, -0.2) is 9.37 Å². The minimum absolute atomic E-state index is 0.0170. The van der Waals surface area contributed by atoms with Crippen LogP contribution in [-0.4, -0.2) is 31.2 Å². The average Bonchev–Trinajstić information content (AvgIpc) is 3.28. The monoisotopic (exact) mass is 426 g/mol. The fourth-order valence-corrected chi connectivity index (χ4v) is 4.38. The van der Waals surface area contributed by atoms with Gasteiger partial charge in [-0.3, -0.25) is 4.79 Å². The third-order valence-electron chi connectivity index (χ3n) is 5.55. The molecule has 2 heterocycles. The Labute approximate surface area is 178 Å². The molecule has 1 N–H and O–H groups in total. The van der Waals surface area contributed by atoms with Crippen molar-refractivity contribution in [1.29, 1.82) is 0 Å². The third kappa shape index (κ3) is 4.37. The molecule has 7 heteroatoms. The molecular formula is C23H23FN2O3S. The van der Waals surface area contributed by atoms with E-state index in [9.17, 15) is 9.18 Å². The van der Waals surface area contributed by atoms with E-state index in [1.165, 1.54) is 23.5 Å². The van der Waals surface area contributed by atoms with Gasteiger partial charge >= 0.3 is 0 Å². The van der Waals surface area contributed by atoms with Crippen LogP contribution in [0.4, 0.5) is 9.52 Å². The molecule has 1 aromatic heterocycles. The number of rotatable bonds is 6. The van der Waals surface area contributed by atoms with Crippen molar-refractivity contribution in [3.63, 3.8) is 0 Å². The predicted octanol–water partition coefficient (Wildman–Crippen LogP) is 4.94. The first-order chi connectivity index (χ1) is 14.6. The summed E-state index contributed by atoms with van der Waals surface area (Å²) in [4.78, 5) is 17.3. The molecule has 4 rings (SSSR count). The number of halogens is 1. The van der Waals surface area contributed by atoms with Crippen LogP contribution >= 0.6 is 11.3 Å². The lowest BCUT2D eigenvalue weighted by molar-refractivity contribution is -0.131. The van der Waals surface area contributed by atoms with Gasteiger partial charge in [-0.15, -0.1) is 11.3 Å². The third-order valence-corrected chi connectivity index (χ3v) is 6.24. The minimum Gasteiger partial charge on any atom is -0.496 e. The van der Waals surface area contributed by atoms with Crippen LogP contribution in [-0.2, 0) is 16.0 Å². The van der Waals surface area contributed by atoms with Crippen LogP contribution < -0.4 is 10.1 Å². The van der Waals surface area contributed by atoms with E-state index in [1.807, 2.05) is 29.6 Å². The predicted molar refractivity (Wildman–Crippen MR) is 115 cm³/mol. The van der Waals surface area contributed by atoms with Gasteiger partial charge in [0, 0.05) is 30.4 Å². The molecule has 0 aliphatic carbocycles. The Morgan fingerprint density at radius 1 is 1.23 bits per heavy atom. The second-order valence-corrected chi connectivity index (χ2v) is 8.30. The molecule has 3 aromatic rings. The molecule has 2 aromatic carbocycles. The van der Waals surface area contributed by atoms with Crippen LogP contribution in [0, 0.1) is 11.2 Å². The molecule has 0 radical (unpaired) electrons. The molecule has 0 bridgehead atoms. The summed E-state index contributed by atoms with van der Waals surface area (Å²) in [6.07, 6.45) is 3.60. The van der Waals surface area contributed by atoms with Crippen LogP contribution in [0.5, 0.6) is 5.75 Å². The first kappa shape index (κ1) is 20.5. The molecule has 1 aliphatic rings. The lowest BCUT2D eigenvalue weighted by Crippen LogP contribution is -2.42. The number of hydrogen-bond donors (Lipinski definition) is 1. The number of thiazole rings is 1. The Balaban J connectivity index is 1.57. The van der Waals surface area contributed by atoms with Gasteiger partial charge in [0.25, 0.3) is 0 Å². The van der Waals surface area contributed by atoms with E-state index in [2.05, 4.69) is 10.3 Å². The fraction of sp³-hybridized carbons (Fsp3) is 0.304. The van der Waals surface area contributed by atoms with Crippen molar-refractivity contribution in [3.05, 3.63) is 65.4 Å². The minimum atomic E-state index is -0.540. The lowest BCUT2D eigenvalue weighted by Gasteiger charge is -2.35. The van der Waals surface area contributed by atoms with Gasteiger partial charge in [0.2, 0.25) is 5.91 Å². The van der Waals surface area contributed by atoms with Crippen molar-refractivity contribution in [3.8, 4) is 16.9 Å². The average molecular weight is 427 g/mol. The highest BCUT2D eigenvalue weighted by molar-refractivity contribution is 7.13. The highest BCUT2D eigenvalue weighted by atomic mass is 32.1. The summed E-state index contributed by atoms with van der Waals surface area (Å²) in [5.41, 5.74) is 2.07. The number of carbonyl (C=O) groups is 1. The van der Waals surface area contributed by atoms with Crippen molar-refractivity contribution in [2.45, 2.75) is 19.3 Å². The summed E-state index contributed by atoms with van der Waals surface area (Å²) in [7, 11) is 1.57. The van der Waals surface area contributed by atoms with Crippen molar-refractivity contribution in [2.24, 2.45) is 5.41 Å². The maximum atomic E-state index is 13.7. The van der Waals surface area contributed by atoms with E-state index in [4.69, 9.17) is 9.47 Å². The van der Waals surface area contributed by atoms with Gasteiger partial charge in [0.05, 0.1) is 12.5 Å². The lowest BCUT2D eigenvalue weighted by atomic mass is 9.74. The van der Waals surface area contributed by atoms with E-state index >= 15 is 0 Å². The molecule has 0 unspecified atom stereocenters. The largest absolute Gasteiger partial charge is 0.496 e. The number of ether oxygens (including phenoxy) is 2. The summed E-state index contributed by atoms with van der Waals surface area (Å²) in [6.45, 7) is 1.12. The number of nitrogens with one attached hydrogen (secondary N) is 1. The molecule has 1 amide bonds. The first-order valence-electron chi connectivity index (χ1n) is 9.81. The van der Waals surface area contributed by atoms with E-state index in [-0.39, 0.29) is 11.7 Å². The summed E-state index contributed by atoms with van der Waals surface area (Å²) >= 11 is 1.41. The zero-order chi connectivity index (χ0) is 21.0. The van der Waals surface area contributed by atoms with Crippen molar-refractivity contribution < 1.29 is 18.7 Å². The molecule has 30 heavy (non-hydrogen) atoms. The number of nitrogens with zero attached hydrogens (tertiary/aromatic N) is 1. The Bertz CT molecular complexity index is 1000. The molecule has 156 valence electrons. The van der Waals surface area contributed by atoms with E-state index in [0.717, 1.165) is 11.1 Å². The molecule has 1 saturated heterocycles. The second kappa shape index (κ2) is 8.93. The Morgan fingerprint density at radius 3 is 2.67 bits per heavy atom. The van der Waals surface area contributed by atoms with E-state index < -0.39 is 5.41 Å². The Hall–Kier alpha value is -2.77. The maximum absolute atomic E-state index is 13.7. The van der Waals surface area contributed by atoms with Gasteiger partial charge in [0.15, 0.2) is 5.13 Å². The highest BCUT2D eigenvalue weighted by Crippen LogP contribution is 2.37. The van der Waals surface area contributed by atoms with Crippen molar-refractivity contribution in [1.82, 2.24) is 4.98 Å². The zero-order valence-electron chi connectivity index (χ0n) is 16.7. The van der Waals surface area contributed by atoms with Crippen LogP contribution in [0.25, 0.3) is 11.1 Å². The van der Waals surface area contributed by atoms with Gasteiger partial charge in [-0.05, 0) is 48.6 Å². The first-order valence-corrected chi connectivity index (χ1v) is 10.7. The van der Waals surface area contributed by atoms with Crippen molar-refractivity contribution in [2.75, 3.05) is 25.6 Å². The molecule has 0 saturated carbocycles.